The Morgan fingerprint density at radius 3 is 2.52 bits per heavy atom. The maximum absolute atomic E-state index is 12.9. The van der Waals surface area contributed by atoms with Crippen molar-refractivity contribution in [2.45, 2.75) is 23.8 Å². The number of ether oxygens (including phenoxy) is 1. The normalized spacial score (nSPS) is 17.5. The lowest BCUT2D eigenvalue weighted by atomic mass is 10.0. The van der Waals surface area contributed by atoms with Gasteiger partial charge in [0.05, 0.1) is 18.0 Å². The summed E-state index contributed by atoms with van der Waals surface area (Å²) in [5.41, 5.74) is 1.47. The van der Waals surface area contributed by atoms with Gasteiger partial charge >= 0.3 is 0 Å². The van der Waals surface area contributed by atoms with E-state index in [2.05, 4.69) is 0 Å². The van der Waals surface area contributed by atoms with Crippen LogP contribution in [-0.4, -0.2) is 39.1 Å². The second-order valence-electron chi connectivity index (χ2n) is 6.23. The minimum atomic E-state index is -3.34. The highest BCUT2D eigenvalue weighted by atomic mass is 32.2. The minimum Gasteiger partial charge on any atom is -0.497 e. The van der Waals surface area contributed by atoms with Crippen LogP contribution in [0.4, 0.5) is 0 Å². The van der Waals surface area contributed by atoms with Crippen molar-refractivity contribution < 1.29 is 17.9 Å². The molecule has 2 aromatic carbocycles. The molecule has 0 spiro atoms. The Bertz CT molecular complexity index is 875. The summed E-state index contributed by atoms with van der Waals surface area (Å²) in [4.78, 5) is 14.9. The summed E-state index contributed by atoms with van der Waals surface area (Å²) in [5.74, 6) is 0.643. The monoisotopic (exact) mass is 359 g/mol. The van der Waals surface area contributed by atoms with Gasteiger partial charge in [0, 0.05) is 18.4 Å². The molecule has 1 unspecified atom stereocenters. The van der Waals surface area contributed by atoms with Gasteiger partial charge in [0.15, 0.2) is 9.84 Å². The van der Waals surface area contributed by atoms with Crippen LogP contribution in [0.5, 0.6) is 5.75 Å². The van der Waals surface area contributed by atoms with E-state index < -0.39 is 9.84 Å². The molecule has 0 N–H and O–H groups in total. The molecule has 132 valence electrons. The number of methoxy groups -OCH3 is 1. The average Bonchev–Trinajstić information content (AvgIpc) is 3.10. The van der Waals surface area contributed by atoms with Crippen molar-refractivity contribution >= 4 is 15.7 Å². The lowest BCUT2D eigenvalue weighted by Gasteiger charge is -2.25. The third-order valence-corrected chi connectivity index (χ3v) is 5.63. The number of likely N-dealkylation sites (tertiary alicyclic amines) is 1. The summed E-state index contributed by atoms with van der Waals surface area (Å²) in [6, 6.07) is 14.0. The molecule has 1 saturated heterocycles. The van der Waals surface area contributed by atoms with Gasteiger partial charge in [-0.25, -0.2) is 8.42 Å². The first-order valence-electron chi connectivity index (χ1n) is 8.15. The zero-order valence-electron chi connectivity index (χ0n) is 14.3. The molecule has 1 aliphatic rings. The number of sulfone groups is 1. The SMILES string of the molecule is COc1ccc(C2CCCN2C(=O)c2cccc(S(C)(=O)=O)c2)cc1. The van der Waals surface area contributed by atoms with E-state index in [0.29, 0.717) is 12.1 Å². The topological polar surface area (TPSA) is 63.7 Å². The molecule has 25 heavy (non-hydrogen) atoms. The molecule has 2 aromatic rings. The molecule has 0 aromatic heterocycles. The molecule has 6 heteroatoms. The molecule has 1 fully saturated rings. The Labute approximate surface area is 148 Å². The predicted molar refractivity (Wildman–Crippen MR) is 95.6 cm³/mol. The van der Waals surface area contributed by atoms with Gasteiger partial charge in [-0.15, -0.1) is 0 Å². The van der Waals surface area contributed by atoms with Gasteiger partial charge in [-0.2, -0.15) is 0 Å². The number of hydrogen-bond donors (Lipinski definition) is 0. The Morgan fingerprint density at radius 2 is 1.88 bits per heavy atom. The van der Waals surface area contributed by atoms with Crippen LogP contribution in [0.25, 0.3) is 0 Å². The van der Waals surface area contributed by atoms with E-state index in [1.807, 2.05) is 29.2 Å². The second-order valence-corrected chi connectivity index (χ2v) is 8.25. The highest BCUT2D eigenvalue weighted by Crippen LogP contribution is 2.34. The van der Waals surface area contributed by atoms with Crippen LogP contribution >= 0.6 is 0 Å². The third kappa shape index (κ3) is 3.69. The van der Waals surface area contributed by atoms with Gasteiger partial charge in [0.1, 0.15) is 5.75 Å². The van der Waals surface area contributed by atoms with E-state index in [0.717, 1.165) is 30.4 Å². The number of carbonyl (C=O) groups excluding carboxylic acids is 1. The highest BCUT2D eigenvalue weighted by molar-refractivity contribution is 7.90. The van der Waals surface area contributed by atoms with Crippen LogP contribution in [0.2, 0.25) is 0 Å². The largest absolute Gasteiger partial charge is 0.497 e. The Morgan fingerprint density at radius 1 is 1.16 bits per heavy atom. The van der Waals surface area contributed by atoms with E-state index in [-0.39, 0.29) is 16.8 Å². The fraction of sp³-hybridized carbons (Fsp3) is 0.316. The first-order chi connectivity index (χ1) is 11.9. The van der Waals surface area contributed by atoms with Crippen molar-refractivity contribution in [1.82, 2.24) is 4.90 Å². The molecule has 0 bridgehead atoms. The number of benzene rings is 2. The number of carbonyl (C=O) groups is 1. The summed E-state index contributed by atoms with van der Waals surface area (Å²) < 4.78 is 28.7. The maximum Gasteiger partial charge on any atom is 0.254 e. The fourth-order valence-electron chi connectivity index (χ4n) is 3.21. The smallest absolute Gasteiger partial charge is 0.254 e. The van der Waals surface area contributed by atoms with Crippen LogP contribution in [0.15, 0.2) is 53.4 Å². The van der Waals surface area contributed by atoms with Crippen molar-refractivity contribution in [3.05, 3.63) is 59.7 Å². The molecule has 0 aliphatic carbocycles. The van der Waals surface area contributed by atoms with Gasteiger partial charge in [0.2, 0.25) is 0 Å². The van der Waals surface area contributed by atoms with Gasteiger partial charge in [-0.05, 0) is 48.7 Å². The van der Waals surface area contributed by atoms with Crippen molar-refractivity contribution in [1.29, 1.82) is 0 Å². The molecule has 1 heterocycles. The molecule has 3 rings (SSSR count). The number of hydrogen-bond acceptors (Lipinski definition) is 4. The second kappa shape index (κ2) is 6.88. The van der Waals surface area contributed by atoms with Crippen LogP contribution < -0.4 is 4.74 Å². The molecule has 0 radical (unpaired) electrons. The summed E-state index contributed by atoms with van der Waals surface area (Å²) >= 11 is 0. The zero-order valence-corrected chi connectivity index (χ0v) is 15.1. The van der Waals surface area contributed by atoms with Crippen molar-refractivity contribution in [3.63, 3.8) is 0 Å². The summed E-state index contributed by atoms with van der Waals surface area (Å²) in [6.07, 6.45) is 2.96. The van der Waals surface area contributed by atoms with E-state index in [4.69, 9.17) is 4.74 Å². The minimum absolute atomic E-state index is 0.000274. The third-order valence-electron chi connectivity index (χ3n) is 4.52. The van der Waals surface area contributed by atoms with Crippen LogP contribution in [0.1, 0.15) is 34.8 Å². The fourth-order valence-corrected chi connectivity index (χ4v) is 3.87. The summed E-state index contributed by atoms with van der Waals surface area (Å²) in [7, 11) is -1.72. The van der Waals surface area contributed by atoms with Crippen molar-refractivity contribution in [2.75, 3.05) is 19.9 Å². The number of amides is 1. The first-order valence-corrected chi connectivity index (χ1v) is 10.0. The van der Waals surface area contributed by atoms with Gasteiger partial charge in [0.25, 0.3) is 5.91 Å². The molecule has 1 amide bonds. The first kappa shape index (κ1) is 17.5. The standard InChI is InChI=1S/C19H21NO4S/c1-24-16-10-8-14(9-11-16)18-7-4-12-20(18)19(21)15-5-3-6-17(13-15)25(2,22)23/h3,5-6,8-11,13,18H,4,7,12H2,1-2H3. The quantitative estimate of drug-likeness (QED) is 0.842. The summed E-state index contributed by atoms with van der Waals surface area (Å²) in [6.45, 7) is 0.665. The van der Waals surface area contributed by atoms with Crippen molar-refractivity contribution in [3.8, 4) is 5.75 Å². The van der Waals surface area contributed by atoms with Gasteiger partial charge < -0.3 is 9.64 Å². The molecule has 1 atom stereocenters. The van der Waals surface area contributed by atoms with E-state index in [9.17, 15) is 13.2 Å². The Balaban J connectivity index is 1.88. The molecular weight excluding hydrogens is 338 g/mol. The van der Waals surface area contributed by atoms with E-state index >= 15 is 0 Å². The van der Waals surface area contributed by atoms with E-state index in [1.54, 1.807) is 19.2 Å². The van der Waals surface area contributed by atoms with Gasteiger partial charge in [-0.3, -0.25) is 4.79 Å². The van der Waals surface area contributed by atoms with Crippen LogP contribution in [0.3, 0.4) is 0 Å². The number of rotatable bonds is 4. The molecule has 5 nitrogen and oxygen atoms in total. The Kier molecular flexibility index (Phi) is 4.81. The zero-order chi connectivity index (χ0) is 18.0. The van der Waals surface area contributed by atoms with Crippen molar-refractivity contribution in [2.24, 2.45) is 0 Å². The molecule has 0 saturated carbocycles. The lowest BCUT2D eigenvalue weighted by Crippen LogP contribution is -2.30. The van der Waals surface area contributed by atoms with Gasteiger partial charge in [-0.1, -0.05) is 18.2 Å². The molecule has 1 aliphatic heterocycles. The highest BCUT2D eigenvalue weighted by Gasteiger charge is 2.30. The predicted octanol–water partition coefficient (Wildman–Crippen LogP) is 3.08. The average molecular weight is 359 g/mol. The van der Waals surface area contributed by atoms with Crippen LogP contribution in [-0.2, 0) is 9.84 Å². The van der Waals surface area contributed by atoms with Crippen LogP contribution in [0, 0.1) is 0 Å². The lowest BCUT2D eigenvalue weighted by molar-refractivity contribution is 0.0735. The maximum atomic E-state index is 12.9. The number of nitrogens with zero attached hydrogens (tertiary/aromatic N) is 1. The molecular formula is C19H21NO4S. The summed E-state index contributed by atoms with van der Waals surface area (Å²) in [5, 5.41) is 0. The van der Waals surface area contributed by atoms with E-state index in [1.165, 1.54) is 12.1 Å². The Hall–Kier alpha value is -2.34.